The van der Waals surface area contributed by atoms with E-state index in [1.165, 1.54) is 22.0 Å². The van der Waals surface area contributed by atoms with Crippen LogP contribution in [0, 0.1) is 0 Å². The maximum absolute atomic E-state index is 12.5. The number of benzene rings is 1. The lowest BCUT2D eigenvalue weighted by atomic mass is 10.2. The summed E-state index contributed by atoms with van der Waals surface area (Å²) in [5.74, 6) is -0.144. The number of amides is 1. The van der Waals surface area contributed by atoms with Crippen molar-refractivity contribution in [2.75, 3.05) is 5.32 Å². The smallest absolute Gasteiger partial charge is 0.305 e. The van der Waals surface area contributed by atoms with Gasteiger partial charge in [-0.25, -0.2) is 34.1 Å². The maximum Gasteiger partial charge on any atom is 0.327 e. The highest BCUT2D eigenvalue weighted by atomic mass is 79.9. The summed E-state index contributed by atoms with van der Waals surface area (Å²) in [6.45, 7) is 0. The molecule has 0 radical (unpaired) electrons. The number of nitrogens with one attached hydrogen (secondary N) is 3. The van der Waals surface area contributed by atoms with E-state index in [-0.39, 0.29) is 27.6 Å². The van der Waals surface area contributed by atoms with Crippen molar-refractivity contribution in [1.82, 2.24) is 39.3 Å². The number of hydrogen-bond donors (Lipinski definition) is 3. The lowest BCUT2D eigenvalue weighted by Crippen LogP contribution is -2.23. The highest BCUT2D eigenvalue weighted by Gasteiger charge is 2.19. The molecule has 0 atom stereocenters. The number of anilines is 1. The van der Waals surface area contributed by atoms with E-state index in [2.05, 4.69) is 51.2 Å². The summed E-state index contributed by atoms with van der Waals surface area (Å²) in [6, 6.07) is 8.67. The van der Waals surface area contributed by atoms with Gasteiger partial charge in [0.2, 0.25) is 0 Å². The first-order valence-electron chi connectivity index (χ1n) is 8.48. The molecule has 3 N–H and O–H groups in total. The third-order valence-corrected chi connectivity index (χ3v) is 4.80. The third-order valence-electron chi connectivity index (χ3n) is 4.29. The van der Waals surface area contributed by atoms with Crippen LogP contribution in [-0.2, 0) is 0 Å². The summed E-state index contributed by atoms with van der Waals surface area (Å²) in [5.41, 5.74) is -0.0708. The van der Waals surface area contributed by atoms with Crippen molar-refractivity contribution in [2.24, 2.45) is 0 Å². The average molecular weight is 468 g/mol. The third kappa shape index (κ3) is 2.79. The predicted octanol–water partition coefficient (Wildman–Crippen LogP) is 0.879. The molecule has 0 fully saturated rings. The Morgan fingerprint density at radius 2 is 1.83 bits per heavy atom. The molecule has 12 nitrogen and oxygen atoms in total. The molecule has 1 amide bonds. The van der Waals surface area contributed by atoms with Gasteiger partial charge in [0, 0.05) is 5.56 Å². The molecule has 0 saturated carbocycles. The second-order valence-corrected chi connectivity index (χ2v) is 6.81. The molecule has 13 heteroatoms. The molecule has 5 aromatic rings. The van der Waals surface area contributed by atoms with Crippen molar-refractivity contribution >= 4 is 50.0 Å². The molecule has 0 aliphatic heterocycles. The van der Waals surface area contributed by atoms with Crippen molar-refractivity contribution in [2.45, 2.75) is 0 Å². The van der Waals surface area contributed by atoms with Crippen LogP contribution < -0.4 is 16.6 Å². The predicted molar refractivity (Wildman–Crippen MR) is 109 cm³/mol. The van der Waals surface area contributed by atoms with Crippen LogP contribution in [-0.4, -0.2) is 45.2 Å². The second kappa shape index (κ2) is 6.73. The summed E-state index contributed by atoms with van der Waals surface area (Å²) in [7, 11) is 0. The van der Waals surface area contributed by atoms with Gasteiger partial charge >= 0.3 is 5.69 Å². The SMILES string of the molecule is O=C(Nc1ncnc2c1ncn2-n1c(Br)nc2c(=O)[nH]c(=O)[nH]c21)c1ccccc1. The van der Waals surface area contributed by atoms with Crippen molar-refractivity contribution in [1.29, 1.82) is 0 Å². The van der Waals surface area contributed by atoms with E-state index >= 15 is 0 Å². The Morgan fingerprint density at radius 1 is 1.03 bits per heavy atom. The van der Waals surface area contributed by atoms with Crippen LogP contribution in [0.1, 0.15) is 10.4 Å². The number of carbonyl (C=O) groups is 1. The fourth-order valence-electron chi connectivity index (χ4n) is 2.98. The van der Waals surface area contributed by atoms with Crippen molar-refractivity contribution in [3.8, 4) is 0 Å². The zero-order valence-corrected chi connectivity index (χ0v) is 16.4. The number of aromatic amines is 2. The molecule has 30 heavy (non-hydrogen) atoms. The number of imidazole rings is 2. The molecule has 0 unspecified atom stereocenters. The van der Waals surface area contributed by atoms with Crippen LogP contribution in [0.2, 0.25) is 0 Å². The number of fused-ring (bicyclic) bond motifs is 2. The topological polar surface area (TPSA) is 156 Å². The van der Waals surface area contributed by atoms with Crippen molar-refractivity contribution in [3.05, 3.63) is 74.1 Å². The molecule has 0 bridgehead atoms. The standard InChI is InChI=1S/C17H10BrN9O3/c18-16-22-10-13(24-17(30)25-15(10)29)27(16)26-7-21-9-11(19-6-20-12(9)26)23-14(28)8-4-2-1-3-5-8/h1-7H,(H,19,20,23,28)(H2,24,25,29,30). The van der Waals surface area contributed by atoms with Gasteiger partial charge in [-0.15, -0.1) is 0 Å². The molecule has 0 spiro atoms. The molecule has 0 aliphatic rings. The Balaban J connectivity index is 1.65. The number of H-pyrrole nitrogens is 2. The summed E-state index contributed by atoms with van der Waals surface area (Å²) in [4.78, 5) is 57.7. The zero-order valence-electron chi connectivity index (χ0n) is 14.8. The largest absolute Gasteiger partial charge is 0.327 e. The van der Waals surface area contributed by atoms with Crippen molar-refractivity contribution < 1.29 is 4.79 Å². The number of hydrogen-bond acceptors (Lipinski definition) is 7. The first-order valence-corrected chi connectivity index (χ1v) is 9.28. The maximum atomic E-state index is 12.5. The van der Waals surface area contributed by atoms with Crippen LogP contribution in [0.4, 0.5) is 5.82 Å². The van der Waals surface area contributed by atoms with Gasteiger partial charge in [0.25, 0.3) is 11.5 Å². The van der Waals surface area contributed by atoms with E-state index < -0.39 is 11.2 Å². The number of aromatic nitrogens is 8. The zero-order chi connectivity index (χ0) is 20.8. The first-order chi connectivity index (χ1) is 14.5. The number of halogens is 1. The molecule has 4 heterocycles. The van der Waals surface area contributed by atoms with E-state index in [9.17, 15) is 14.4 Å². The minimum Gasteiger partial charge on any atom is -0.305 e. The van der Waals surface area contributed by atoms with Crippen LogP contribution in [0.15, 0.2) is 57.3 Å². The normalized spacial score (nSPS) is 11.2. The number of carbonyl (C=O) groups excluding carboxylic acids is 1. The molecular formula is C17H10BrN9O3. The summed E-state index contributed by atoms with van der Waals surface area (Å²) < 4.78 is 3.11. The molecule has 0 saturated heterocycles. The molecule has 4 aromatic heterocycles. The summed E-state index contributed by atoms with van der Waals surface area (Å²) in [6.07, 6.45) is 2.67. The van der Waals surface area contributed by atoms with Crippen LogP contribution >= 0.6 is 15.9 Å². The van der Waals surface area contributed by atoms with Gasteiger partial charge in [0.1, 0.15) is 12.7 Å². The molecule has 1 aromatic carbocycles. The van der Waals surface area contributed by atoms with E-state index in [1.807, 2.05) is 6.07 Å². The van der Waals surface area contributed by atoms with Crippen LogP contribution in [0.5, 0.6) is 0 Å². The molecule has 148 valence electrons. The average Bonchev–Trinajstić information content (AvgIpc) is 3.30. The molecular weight excluding hydrogens is 458 g/mol. The Bertz CT molecular complexity index is 1550. The van der Waals surface area contributed by atoms with E-state index in [0.717, 1.165) is 0 Å². The lowest BCUT2D eigenvalue weighted by Gasteiger charge is -2.08. The Morgan fingerprint density at radius 3 is 2.63 bits per heavy atom. The highest BCUT2D eigenvalue weighted by Crippen LogP contribution is 2.22. The number of rotatable bonds is 3. The van der Waals surface area contributed by atoms with Gasteiger partial charge < -0.3 is 5.32 Å². The quantitative estimate of drug-likeness (QED) is 0.332. The monoisotopic (exact) mass is 467 g/mol. The fraction of sp³-hybridized carbons (Fsp3) is 0. The van der Waals surface area contributed by atoms with Gasteiger partial charge in [-0.3, -0.25) is 19.6 Å². The minimum absolute atomic E-state index is 0.0231. The Hall–Kier alpha value is -4.13. The second-order valence-electron chi connectivity index (χ2n) is 6.10. The van der Waals surface area contributed by atoms with Crippen molar-refractivity contribution in [3.63, 3.8) is 0 Å². The van der Waals surface area contributed by atoms with Crippen LogP contribution in [0.3, 0.4) is 0 Å². The van der Waals surface area contributed by atoms with Gasteiger partial charge in [-0.2, -0.15) is 0 Å². The van der Waals surface area contributed by atoms with Gasteiger partial charge in [0.05, 0.1) is 0 Å². The summed E-state index contributed by atoms with van der Waals surface area (Å²) in [5, 5.41) is 2.71. The van der Waals surface area contributed by atoms with E-state index in [4.69, 9.17) is 0 Å². The fourth-order valence-corrected chi connectivity index (χ4v) is 3.51. The van der Waals surface area contributed by atoms with Gasteiger partial charge in [0.15, 0.2) is 32.9 Å². The molecule has 0 aliphatic carbocycles. The lowest BCUT2D eigenvalue weighted by molar-refractivity contribution is 0.102. The highest BCUT2D eigenvalue weighted by molar-refractivity contribution is 9.10. The van der Waals surface area contributed by atoms with Gasteiger partial charge in [-0.1, -0.05) is 18.2 Å². The van der Waals surface area contributed by atoms with E-state index in [1.54, 1.807) is 24.3 Å². The summed E-state index contributed by atoms with van der Waals surface area (Å²) >= 11 is 3.28. The minimum atomic E-state index is -0.684. The molecule has 5 rings (SSSR count). The Kier molecular flexibility index (Phi) is 4.03. The first kappa shape index (κ1) is 17.9. The van der Waals surface area contributed by atoms with E-state index in [0.29, 0.717) is 16.7 Å². The van der Waals surface area contributed by atoms with Crippen LogP contribution in [0.25, 0.3) is 22.3 Å². The van der Waals surface area contributed by atoms with Gasteiger partial charge in [-0.05, 0) is 28.1 Å². The number of nitrogens with zero attached hydrogens (tertiary/aromatic N) is 6. The Labute approximate surface area is 173 Å².